The van der Waals surface area contributed by atoms with Gasteiger partial charge in [0.05, 0.1) is 18.3 Å². The lowest BCUT2D eigenvalue weighted by Gasteiger charge is -2.35. The van der Waals surface area contributed by atoms with Crippen LogP contribution in [-0.4, -0.2) is 33.7 Å². The summed E-state index contributed by atoms with van der Waals surface area (Å²) in [5.74, 6) is 1.46. The highest BCUT2D eigenvalue weighted by Gasteiger charge is 2.27. The van der Waals surface area contributed by atoms with Crippen LogP contribution in [0, 0.1) is 0 Å². The fourth-order valence-electron chi connectivity index (χ4n) is 2.52. The van der Waals surface area contributed by atoms with Crippen molar-refractivity contribution in [1.29, 1.82) is 0 Å². The maximum absolute atomic E-state index is 9.96. The average Bonchev–Trinajstić information content (AvgIpc) is 2.91. The first-order chi connectivity index (χ1) is 10.0. The molecule has 5 heteroatoms. The molecule has 2 heterocycles. The third kappa shape index (κ3) is 3.64. The number of benzene rings is 1. The molecule has 21 heavy (non-hydrogen) atoms. The molecule has 0 aliphatic carbocycles. The molecule has 0 unspecified atom stereocenters. The number of piperidine rings is 1. The van der Waals surface area contributed by atoms with Crippen molar-refractivity contribution in [3.63, 3.8) is 0 Å². The molecule has 4 nitrogen and oxygen atoms in total. The summed E-state index contributed by atoms with van der Waals surface area (Å²) in [6, 6.07) is 7.52. The number of halogens is 1. The molecule has 1 fully saturated rings. The van der Waals surface area contributed by atoms with Crippen LogP contribution in [0.3, 0.4) is 0 Å². The van der Waals surface area contributed by atoms with E-state index in [4.69, 9.17) is 16.0 Å². The molecule has 0 spiro atoms. The molecule has 1 aromatic carbocycles. The number of hydrogen-bond acceptors (Lipinski definition) is 4. The average molecular weight is 307 g/mol. The molecular weight excluding hydrogens is 288 g/mol. The van der Waals surface area contributed by atoms with Crippen molar-refractivity contribution in [2.75, 3.05) is 13.1 Å². The normalized spacial score (nSPS) is 18.8. The first-order valence-electron chi connectivity index (χ1n) is 7.17. The number of nitrogens with zero attached hydrogens (tertiary/aromatic N) is 2. The Kier molecular flexibility index (Phi) is 4.02. The van der Waals surface area contributed by atoms with Gasteiger partial charge in [-0.25, -0.2) is 4.98 Å². The van der Waals surface area contributed by atoms with E-state index in [1.165, 1.54) is 0 Å². The lowest BCUT2D eigenvalue weighted by molar-refractivity contribution is -0.00905. The molecule has 0 amide bonds. The maximum Gasteiger partial charge on any atom is 0.209 e. The third-order valence-electron chi connectivity index (χ3n) is 3.97. The molecule has 2 aromatic rings. The van der Waals surface area contributed by atoms with E-state index in [2.05, 4.69) is 9.88 Å². The Morgan fingerprint density at radius 2 is 1.95 bits per heavy atom. The Labute approximate surface area is 129 Å². The molecule has 1 aliphatic rings. The summed E-state index contributed by atoms with van der Waals surface area (Å²) in [6.45, 7) is 4.31. The lowest BCUT2D eigenvalue weighted by atomic mass is 9.94. The van der Waals surface area contributed by atoms with Crippen LogP contribution in [0.2, 0.25) is 5.02 Å². The number of likely N-dealkylation sites (tertiary alicyclic amines) is 1. The maximum atomic E-state index is 9.96. The summed E-state index contributed by atoms with van der Waals surface area (Å²) in [6.07, 6.45) is 3.33. The molecule has 1 saturated heterocycles. The number of aromatic nitrogens is 1. The standard InChI is InChI=1S/C16H19ClN2O2/c1-16(20)6-8-19(9-7-16)11-15-18-10-14(21-15)12-2-4-13(17)5-3-12/h2-5,10,20H,6-9,11H2,1H3. The van der Waals surface area contributed by atoms with Gasteiger partial charge in [0.2, 0.25) is 5.89 Å². The highest BCUT2D eigenvalue weighted by atomic mass is 35.5. The van der Waals surface area contributed by atoms with Gasteiger partial charge in [-0.05, 0) is 44.0 Å². The Balaban J connectivity index is 1.64. The number of rotatable bonds is 3. The number of hydrogen-bond donors (Lipinski definition) is 1. The highest BCUT2D eigenvalue weighted by Crippen LogP contribution is 2.25. The third-order valence-corrected chi connectivity index (χ3v) is 4.23. The minimum Gasteiger partial charge on any atom is -0.439 e. The summed E-state index contributed by atoms with van der Waals surface area (Å²) in [5, 5.41) is 10.7. The van der Waals surface area contributed by atoms with Gasteiger partial charge < -0.3 is 9.52 Å². The van der Waals surface area contributed by atoms with Crippen LogP contribution in [0.15, 0.2) is 34.9 Å². The summed E-state index contributed by atoms with van der Waals surface area (Å²) >= 11 is 5.88. The Morgan fingerprint density at radius 1 is 1.29 bits per heavy atom. The molecule has 1 aromatic heterocycles. The van der Waals surface area contributed by atoms with Gasteiger partial charge in [0.15, 0.2) is 5.76 Å². The summed E-state index contributed by atoms with van der Waals surface area (Å²) in [5.41, 5.74) is 0.446. The zero-order chi connectivity index (χ0) is 14.9. The largest absolute Gasteiger partial charge is 0.439 e. The Morgan fingerprint density at radius 3 is 2.62 bits per heavy atom. The fourth-order valence-corrected chi connectivity index (χ4v) is 2.64. The molecule has 3 rings (SSSR count). The van der Waals surface area contributed by atoms with Gasteiger partial charge in [-0.2, -0.15) is 0 Å². The monoisotopic (exact) mass is 306 g/mol. The Bertz CT molecular complexity index is 597. The van der Waals surface area contributed by atoms with Crippen molar-refractivity contribution >= 4 is 11.6 Å². The van der Waals surface area contributed by atoms with Crippen LogP contribution in [0.25, 0.3) is 11.3 Å². The molecule has 112 valence electrons. The SMILES string of the molecule is CC1(O)CCN(Cc2ncc(-c3ccc(Cl)cc3)o2)CC1. The van der Waals surface area contributed by atoms with E-state index in [9.17, 15) is 5.11 Å². The van der Waals surface area contributed by atoms with Gasteiger partial charge in [0.25, 0.3) is 0 Å². The van der Waals surface area contributed by atoms with Gasteiger partial charge >= 0.3 is 0 Å². The second-order valence-corrected chi connectivity index (χ2v) is 6.33. The zero-order valence-corrected chi connectivity index (χ0v) is 12.8. The minimum atomic E-state index is -0.526. The second kappa shape index (κ2) is 5.79. The van der Waals surface area contributed by atoms with Crippen molar-refractivity contribution in [1.82, 2.24) is 9.88 Å². The smallest absolute Gasteiger partial charge is 0.209 e. The zero-order valence-electron chi connectivity index (χ0n) is 12.1. The van der Waals surface area contributed by atoms with Crippen molar-refractivity contribution in [3.05, 3.63) is 41.4 Å². The first kappa shape index (κ1) is 14.6. The lowest BCUT2D eigenvalue weighted by Crippen LogP contribution is -2.41. The molecule has 0 atom stereocenters. The molecule has 0 saturated carbocycles. The van der Waals surface area contributed by atoms with Crippen molar-refractivity contribution in [3.8, 4) is 11.3 Å². The van der Waals surface area contributed by atoms with Crippen LogP contribution < -0.4 is 0 Å². The minimum absolute atomic E-state index is 0.526. The molecule has 1 aliphatic heterocycles. The van der Waals surface area contributed by atoms with Gasteiger partial charge in [-0.1, -0.05) is 11.6 Å². The van der Waals surface area contributed by atoms with Crippen molar-refractivity contribution in [2.45, 2.75) is 31.9 Å². The van der Waals surface area contributed by atoms with Gasteiger partial charge in [0.1, 0.15) is 0 Å². The van der Waals surface area contributed by atoms with E-state index in [1.54, 1.807) is 6.20 Å². The van der Waals surface area contributed by atoms with Crippen molar-refractivity contribution in [2.24, 2.45) is 0 Å². The van der Waals surface area contributed by atoms with Gasteiger partial charge in [-0.3, -0.25) is 4.90 Å². The summed E-state index contributed by atoms with van der Waals surface area (Å²) in [4.78, 5) is 6.60. The van der Waals surface area contributed by atoms with E-state index in [0.29, 0.717) is 17.5 Å². The first-order valence-corrected chi connectivity index (χ1v) is 7.55. The van der Waals surface area contributed by atoms with E-state index in [1.807, 2.05) is 31.2 Å². The van der Waals surface area contributed by atoms with E-state index in [-0.39, 0.29) is 0 Å². The molecule has 1 N–H and O–H groups in total. The quantitative estimate of drug-likeness (QED) is 0.945. The summed E-state index contributed by atoms with van der Waals surface area (Å²) < 4.78 is 5.81. The predicted molar refractivity (Wildman–Crippen MR) is 82.1 cm³/mol. The topological polar surface area (TPSA) is 49.5 Å². The number of oxazole rings is 1. The fraction of sp³-hybridized carbons (Fsp3) is 0.438. The summed E-state index contributed by atoms with van der Waals surface area (Å²) in [7, 11) is 0. The predicted octanol–water partition coefficient (Wildman–Crippen LogP) is 3.34. The van der Waals surface area contributed by atoms with E-state index in [0.717, 1.165) is 37.3 Å². The van der Waals surface area contributed by atoms with E-state index >= 15 is 0 Å². The molecule has 0 radical (unpaired) electrons. The van der Waals surface area contributed by atoms with Crippen LogP contribution >= 0.6 is 11.6 Å². The van der Waals surface area contributed by atoms with Crippen molar-refractivity contribution < 1.29 is 9.52 Å². The molecule has 0 bridgehead atoms. The molecular formula is C16H19ClN2O2. The van der Waals surface area contributed by atoms with Crippen LogP contribution in [-0.2, 0) is 6.54 Å². The van der Waals surface area contributed by atoms with Gasteiger partial charge in [0, 0.05) is 23.7 Å². The van der Waals surface area contributed by atoms with Crippen LogP contribution in [0.5, 0.6) is 0 Å². The number of aliphatic hydroxyl groups is 1. The Hall–Kier alpha value is -1.36. The highest BCUT2D eigenvalue weighted by molar-refractivity contribution is 6.30. The van der Waals surface area contributed by atoms with Gasteiger partial charge in [-0.15, -0.1) is 0 Å². The second-order valence-electron chi connectivity index (χ2n) is 5.90. The van der Waals surface area contributed by atoms with Crippen LogP contribution in [0.4, 0.5) is 0 Å². The van der Waals surface area contributed by atoms with E-state index < -0.39 is 5.60 Å². The van der Waals surface area contributed by atoms with Crippen LogP contribution in [0.1, 0.15) is 25.7 Å².